The monoisotopic (exact) mass is 286 g/mol. The van der Waals surface area contributed by atoms with Crippen LogP contribution < -0.4 is 5.73 Å². The number of hydrogen-bond acceptors (Lipinski definition) is 4. The van der Waals surface area contributed by atoms with Crippen LogP contribution in [-0.2, 0) is 17.7 Å². The van der Waals surface area contributed by atoms with Crippen LogP contribution in [-0.4, -0.2) is 47.2 Å². The summed E-state index contributed by atoms with van der Waals surface area (Å²) in [5.41, 5.74) is 6.65. The highest BCUT2D eigenvalue weighted by molar-refractivity contribution is 6.30. The Hall–Kier alpha value is -0.620. The molecule has 1 aromatic rings. The summed E-state index contributed by atoms with van der Waals surface area (Å²) in [6.45, 7) is 6.03. The molecule has 108 valence electrons. The molecule has 1 aromatic heterocycles. The van der Waals surface area contributed by atoms with Gasteiger partial charge in [0, 0.05) is 32.6 Å². The number of nitrogens with zero attached hydrogens (tertiary/aromatic N) is 2. The van der Waals surface area contributed by atoms with Gasteiger partial charge in [0.2, 0.25) is 0 Å². The van der Waals surface area contributed by atoms with Crippen LogP contribution in [0.15, 0.2) is 0 Å². The summed E-state index contributed by atoms with van der Waals surface area (Å²) in [4.78, 5) is 10.0. The van der Waals surface area contributed by atoms with Crippen molar-refractivity contribution in [3.05, 3.63) is 16.7 Å². The lowest BCUT2D eigenvalue weighted by molar-refractivity contribution is -0.0263. The number of nitrogens with two attached hydrogens (primary N) is 1. The lowest BCUT2D eigenvalue weighted by Crippen LogP contribution is -2.45. The summed E-state index contributed by atoms with van der Waals surface area (Å²) >= 11 is 6.19. The first-order valence-corrected chi connectivity index (χ1v) is 7.38. The molecule has 0 unspecified atom stereocenters. The molecule has 3 N–H and O–H groups in total. The van der Waals surface area contributed by atoms with Crippen molar-refractivity contribution in [1.82, 2.24) is 14.9 Å². The van der Waals surface area contributed by atoms with E-state index < -0.39 is 0 Å². The maximum Gasteiger partial charge on any atom is 0.151 e. The van der Waals surface area contributed by atoms with E-state index >= 15 is 0 Å². The Morgan fingerprint density at radius 2 is 2.42 bits per heavy atom. The number of rotatable bonds is 6. The summed E-state index contributed by atoms with van der Waals surface area (Å²) in [6.07, 6.45) is 3.39. The SMILES string of the molecule is CCCCc1nc(Cl)c(CN2CCO[C@H](CN)C2)[nH]1. The van der Waals surface area contributed by atoms with Crippen molar-refractivity contribution in [3.8, 4) is 0 Å². The summed E-state index contributed by atoms with van der Waals surface area (Å²) in [7, 11) is 0. The second-order valence-electron chi connectivity index (χ2n) is 5.02. The summed E-state index contributed by atoms with van der Waals surface area (Å²) in [6, 6.07) is 0. The fraction of sp³-hybridized carbons (Fsp3) is 0.769. The third-order valence-corrected chi connectivity index (χ3v) is 3.72. The zero-order chi connectivity index (χ0) is 13.7. The Morgan fingerprint density at radius 1 is 1.58 bits per heavy atom. The van der Waals surface area contributed by atoms with Crippen LogP contribution in [0.1, 0.15) is 31.3 Å². The van der Waals surface area contributed by atoms with Gasteiger partial charge < -0.3 is 15.5 Å². The van der Waals surface area contributed by atoms with Gasteiger partial charge in [0.05, 0.1) is 18.4 Å². The molecule has 1 fully saturated rings. The van der Waals surface area contributed by atoms with Crippen LogP contribution in [0.2, 0.25) is 5.15 Å². The molecule has 0 saturated carbocycles. The number of nitrogens with one attached hydrogen (secondary N) is 1. The van der Waals surface area contributed by atoms with E-state index in [4.69, 9.17) is 22.1 Å². The zero-order valence-corrected chi connectivity index (χ0v) is 12.2. The highest BCUT2D eigenvalue weighted by Gasteiger charge is 2.21. The predicted molar refractivity (Wildman–Crippen MR) is 76.3 cm³/mol. The van der Waals surface area contributed by atoms with E-state index in [0.29, 0.717) is 11.7 Å². The van der Waals surface area contributed by atoms with E-state index in [9.17, 15) is 0 Å². The maximum absolute atomic E-state index is 6.19. The van der Waals surface area contributed by atoms with Crippen molar-refractivity contribution < 1.29 is 4.74 Å². The minimum atomic E-state index is 0.134. The van der Waals surface area contributed by atoms with Gasteiger partial charge in [-0.3, -0.25) is 4.90 Å². The van der Waals surface area contributed by atoms with Gasteiger partial charge in [-0.15, -0.1) is 0 Å². The third-order valence-electron chi connectivity index (χ3n) is 3.41. The van der Waals surface area contributed by atoms with Gasteiger partial charge in [-0.05, 0) is 6.42 Å². The lowest BCUT2D eigenvalue weighted by atomic mass is 10.2. The van der Waals surface area contributed by atoms with Crippen LogP contribution >= 0.6 is 11.6 Å². The van der Waals surface area contributed by atoms with Gasteiger partial charge in [-0.1, -0.05) is 24.9 Å². The Labute approximate surface area is 119 Å². The van der Waals surface area contributed by atoms with Gasteiger partial charge in [-0.25, -0.2) is 4.98 Å². The Kier molecular flexibility index (Phi) is 5.63. The molecule has 0 amide bonds. The van der Waals surface area contributed by atoms with Gasteiger partial charge in [0.1, 0.15) is 5.82 Å². The van der Waals surface area contributed by atoms with Crippen LogP contribution in [0, 0.1) is 0 Å². The Bertz CT molecular complexity index is 396. The molecule has 5 nitrogen and oxygen atoms in total. The molecule has 1 aliphatic heterocycles. The molecule has 2 rings (SSSR count). The number of imidazole rings is 1. The fourth-order valence-electron chi connectivity index (χ4n) is 2.30. The molecule has 0 radical (unpaired) electrons. The first kappa shape index (κ1) is 14.8. The summed E-state index contributed by atoms with van der Waals surface area (Å²) < 4.78 is 5.56. The molecule has 6 heteroatoms. The number of aromatic amines is 1. The molecular formula is C13H23ClN4O. The van der Waals surface area contributed by atoms with E-state index in [2.05, 4.69) is 21.8 Å². The molecule has 0 aromatic carbocycles. The molecular weight excluding hydrogens is 264 g/mol. The standard InChI is InChI=1S/C13H23ClN4O/c1-2-3-4-12-16-11(13(14)17-12)9-18-5-6-19-10(7-15)8-18/h10H,2-9,15H2,1H3,(H,16,17)/t10-/m1/s1. The van der Waals surface area contributed by atoms with Crippen molar-refractivity contribution in [2.75, 3.05) is 26.2 Å². The fourth-order valence-corrected chi connectivity index (χ4v) is 2.51. The average molecular weight is 287 g/mol. The molecule has 1 saturated heterocycles. The normalized spacial score (nSPS) is 20.9. The maximum atomic E-state index is 6.19. The topological polar surface area (TPSA) is 67.2 Å². The van der Waals surface area contributed by atoms with Crippen LogP contribution in [0.4, 0.5) is 0 Å². The van der Waals surface area contributed by atoms with Crippen molar-refractivity contribution in [3.63, 3.8) is 0 Å². The van der Waals surface area contributed by atoms with E-state index in [0.717, 1.165) is 57.0 Å². The number of halogens is 1. The van der Waals surface area contributed by atoms with E-state index in [1.165, 1.54) is 0 Å². The van der Waals surface area contributed by atoms with E-state index in [1.54, 1.807) is 0 Å². The first-order valence-electron chi connectivity index (χ1n) is 7.00. The van der Waals surface area contributed by atoms with Crippen LogP contribution in [0.5, 0.6) is 0 Å². The van der Waals surface area contributed by atoms with Crippen molar-refractivity contribution in [2.24, 2.45) is 5.73 Å². The zero-order valence-electron chi connectivity index (χ0n) is 11.5. The first-order chi connectivity index (χ1) is 9.22. The number of aryl methyl sites for hydroxylation is 1. The second kappa shape index (κ2) is 7.24. The van der Waals surface area contributed by atoms with Crippen LogP contribution in [0.25, 0.3) is 0 Å². The number of ether oxygens (including phenoxy) is 1. The molecule has 0 bridgehead atoms. The number of hydrogen-bond donors (Lipinski definition) is 2. The summed E-state index contributed by atoms with van der Waals surface area (Å²) in [5, 5.41) is 0.599. The van der Waals surface area contributed by atoms with Crippen molar-refractivity contribution >= 4 is 11.6 Å². The number of unbranched alkanes of at least 4 members (excludes halogenated alkanes) is 1. The Balaban J connectivity index is 1.92. The molecule has 0 aliphatic carbocycles. The quantitative estimate of drug-likeness (QED) is 0.833. The van der Waals surface area contributed by atoms with Crippen molar-refractivity contribution in [1.29, 1.82) is 0 Å². The predicted octanol–water partition coefficient (Wildman–Crippen LogP) is 1.57. The number of H-pyrrole nitrogens is 1. The van der Waals surface area contributed by atoms with Gasteiger partial charge in [0.15, 0.2) is 5.15 Å². The molecule has 1 atom stereocenters. The van der Waals surface area contributed by atoms with Gasteiger partial charge >= 0.3 is 0 Å². The van der Waals surface area contributed by atoms with Crippen LogP contribution in [0.3, 0.4) is 0 Å². The molecule has 0 spiro atoms. The minimum Gasteiger partial charge on any atom is -0.374 e. The minimum absolute atomic E-state index is 0.134. The molecule has 19 heavy (non-hydrogen) atoms. The Morgan fingerprint density at radius 3 is 3.16 bits per heavy atom. The van der Waals surface area contributed by atoms with E-state index in [-0.39, 0.29) is 6.10 Å². The smallest absolute Gasteiger partial charge is 0.151 e. The second-order valence-corrected chi connectivity index (χ2v) is 5.38. The average Bonchev–Trinajstić information content (AvgIpc) is 2.77. The number of aromatic nitrogens is 2. The summed E-state index contributed by atoms with van der Waals surface area (Å²) in [5.74, 6) is 0.991. The molecule has 2 heterocycles. The number of morpholine rings is 1. The lowest BCUT2D eigenvalue weighted by Gasteiger charge is -2.31. The van der Waals surface area contributed by atoms with E-state index in [1.807, 2.05) is 0 Å². The van der Waals surface area contributed by atoms with Gasteiger partial charge in [0.25, 0.3) is 0 Å². The van der Waals surface area contributed by atoms with Gasteiger partial charge in [-0.2, -0.15) is 0 Å². The highest BCUT2D eigenvalue weighted by Crippen LogP contribution is 2.17. The third kappa shape index (κ3) is 4.18. The van der Waals surface area contributed by atoms with Crippen molar-refractivity contribution in [2.45, 2.75) is 38.8 Å². The molecule has 1 aliphatic rings. The highest BCUT2D eigenvalue weighted by atomic mass is 35.5. The largest absolute Gasteiger partial charge is 0.374 e.